The number of carbonyl (C=O) groups is 1. The Hall–Kier alpha value is -2.95. The SMILES string of the molecule is C[N+](CN)(C(=O)Nc1ccccc1)C(Cc1ccccc1)c1ccccc1. The predicted octanol–water partition coefficient (Wildman–Crippen LogP) is 4.57. The van der Waals surface area contributed by atoms with Crippen molar-refractivity contribution in [2.75, 3.05) is 19.0 Å². The van der Waals surface area contributed by atoms with Gasteiger partial charge in [0.15, 0.2) is 0 Å². The Balaban J connectivity index is 1.95. The van der Waals surface area contributed by atoms with Crippen LogP contribution in [0.1, 0.15) is 17.2 Å². The molecule has 0 aliphatic carbocycles. The van der Waals surface area contributed by atoms with Crippen LogP contribution < -0.4 is 11.1 Å². The summed E-state index contributed by atoms with van der Waals surface area (Å²) in [5, 5.41) is 3.02. The quantitative estimate of drug-likeness (QED) is 0.500. The van der Waals surface area contributed by atoms with Crippen LogP contribution in [-0.2, 0) is 6.42 Å². The Labute approximate surface area is 160 Å². The van der Waals surface area contributed by atoms with Crippen LogP contribution in [0.15, 0.2) is 91.0 Å². The minimum absolute atomic E-state index is 0.0633. The molecule has 2 amide bonds. The molecule has 3 N–H and O–H groups in total. The van der Waals surface area contributed by atoms with E-state index in [2.05, 4.69) is 29.6 Å². The van der Waals surface area contributed by atoms with E-state index < -0.39 is 0 Å². The summed E-state index contributed by atoms with van der Waals surface area (Å²) in [6.45, 7) is 0.199. The first kappa shape index (κ1) is 18.8. The van der Waals surface area contributed by atoms with Crippen molar-refractivity contribution in [3.8, 4) is 0 Å². The number of rotatable bonds is 6. The molecule has 3 aromatic carbocycles. The molecule has 0 spiro atoms. The maximum absolute atomic E-state index is 13.3. The van der Waals surface area contributed by atoms with Gasteiger partial charge in [-0.05, 0) is 17.7 Å². The summed E-state index contributed by atoms with van der Waals surface area (Å²) in [7, 11) is 1.90. The van der Waals surface area contributed by atoms with E-state index in [-0.39, 0.29) is 23.2 Å². The number of quaternary nitrogens is 1. The molecule has 27 heavy (non-hydrogen) atoms. The number of urea groups is 1. The monoisotopic (exact) mass is 360 g/mol. The topological polar surface area (TPSA) is 55.1 Å². The number of likely N-dealkylation sites (N-methyl/N-ethyl adjacent to an activating group) is 1. The van der Waals surface area contributed by atoms with Gasteiger partial charge in [0.25, 0.3) is 0 Å². The van der Waals surface area contributed by atoms with Crippen LogP contribution in [0.2, 0.25) is 0 Å². The Morgan fingerprint density at radius 3 is 1.96 bits per heavy atom. The standard InChI is InChI=1S/C23H25N3O/c1-26(18-24,23(27)25-21-15-9-4-10-16-21)22(20-13-7-3-8-14-20)17-19-11-5-2-6-12-19/h2-16,22H,17-18,24H2,1H3/p+1. The number of carbonyl (C=O) groups excluding carboxylic acids is 1. The van der Waals surface area contributed by atoms with Gasteiger partial charge < -0.3 is 0 Å². The van der Waals surface area contributed by atoms with E-state index in [4.69, 9.17) is 5.73 Å². The lowest BCUT2D eigenvalue weighted by Crippen LogP contribution is -2.57. The van der Waals surface area contributed by atoms with Gasteiger partial charge >= 0.3 is 6.03 Å². The second-order valence-electron chi connectivity index (χ2n) is 6.86. The van der Waals surface area contributed by atoms with E-state index in [0.717, 1.165) is 17.7 Å². The lowest BCUT2D eigenvalue weighted by Gasteiger charge is -2.38. The molecule has 4 nitrogen and oxygen atoms in total. The number of nitrogens with one attached hydrogen (secondary N) is 1. The smallest absolute Gasteiger partial charge is 0.284 e. The van der Waals surface area contributed by atoms with Crippen LogP contribution in [0.3, 0.4) is 0 Å². The molecule has 2 unspecified atom stereocenters. The molecular formula is C23H26N3O+. The van der Waals surface area contributed by atoms with Crippen LogP contribution in [0.5, 0.6) is 0 Å². The Morgan fingerprint density at radius 2 is 1.41 bits per heavy atom. The van der Waals surface area contributed by atoms with E-state index in [1.54, 1.807) is 0 Å². The van der Waals surface area contributed by atoms with Crippen LogP contribution in [-0.4, -0.2) is 24.2 Å². The molecule has 0 fully saturated rings. The zero-order valence-corrected chi connectivity index (χ0v) is 15.6. The molecule has 138 valence electrons. The zero-order valence-electron chi connectivity index (χ0n) is 15.6. The Kier molecular flexibility index (Phi) is 6.01. The molecule has 0 aliphatic heterocycles. The van der Waals surface area contributed by atoms with Gasteiger partial charge in [0.05, 0.1) is 7.05 Å². The van der Waals surface area contributed by atoms with E-state index >= 15 is 0 Å². The van der Waals surface area contributed by atoms with Crippen molar-refractivity contribution in [1.82, 2.24) is 0 Å². The maximum Gasteiger partial charge on any atom is 0.422 e. The van der Waals surface area contributed by atoms with Gasteiger partial charge in [0.1, 0.15) is 12.7 Å². The molecule has 0 radical (unpaired) electrons. The number of nitrogens with two attached hydrogens (primary N) is 1. The molecule has 3 aromatic rings. The fourth-order valence-electron chi connectivity index (χ4n) is 3.29. The first-order valence-corrected chi connectivity index (χ1v) is 9.14. The molecular weight excluding hydrogens is 334 g/mol. The molecule has 4 heteroatoms. The van der Waals surface area contributed by atoms with Gasteiger partial charge in [-0.25, -0.2) is 9.28 Å². The first-order valence-electron chi connectivity index (χ1n) is 9.14. The minimum Gasteiger partial charge on any atom is -0.284 e. The highest BCUT2D eigenvalue weighted by atomic mass is 16.2. The van der Waals surface area contributed by atoms with Crippen molar-refractivity contribution < 1.29 is 9.28 Å². The molecule has 2 atom stereocenters. The lowest BCUT2D eigenvalue weighted by atomic mass is 9.96. The highest BCUT2D eigenvalue weighted by molar-refractivity contribution is 5.84. The molecule has 0 bridgehead atoms. The highest BCUT2D eigenvalue weighted by Crippen LogP contribution is 2.31. The summed E-state index contributed by atoms with van der Waals surface area (Å²) in [6, 6.07) is 29.6. The van der Waals surface area contributed by atoms with Crippen molar-refractivity contribution in [2.24, 2.45) is 5.73 Å². The largest absolute Gasteiger partial charge is 0.422 e. The summed E-state index contributed by atoms with van der Waals surface area (Å²) >= 11 is 0. The fraction of sp³-hybridized carbons (Fsp3) is 0.174. The molecule has 0 saturated carbocycles. The summed E-state index contributed by atoms with van der Waals surface area (Å²) < 4.78 is 0.0633. The molecule has 0 saturated heterocycles. The molecule has 0 aliphatic rings. The summed E-state index contributed by atoms with van der Waals surface area (Å²) in [5.74, 6) is 0. The lowest BCUT2D eigenvalue weighted by molar-refractivity contribution is -0.860. The summed E-state index contributed by atoms with van der Waals surface area (Å²) in [6.07, 6.45) is 0.723. The minimum atomic E-state index is -0.117. The number of amides is 2. The average Bonchev–Trinajstić information content (AvgIpc) is 2.73. The van der Waals surface area contributed by atoms with Crippen molar-refractivity contribution in [3.05, 3.63) is 102 Å². The van der Waals surface area contributed by atoms with Crippen LogP contribution >= 0.6 is 0 Å². The third kappa shape index (κ3) is 4.42. The predicted molar refractivity (Wildman–Crippen MR) is 110 cm³/mol. The van der Waals surface area contributed by atoms with Crippen molar-refractivity contribution in [1.29, 1.82) is 0 Å². The van der Waals surface area contributed by atoms with Gasteiger partial charge in [-0.3, -0.25) is 11.1 Å². The third-order valence-corrected chi connectivity index (χ3v) is 5.01. The summed E-state index contributed by atoms with van der Waals surface area (Å²) in [4.78, 5) is 13.3. The molecule has 0 aromatic heterocycles. The highest BCUT2D eigenvalue weighted by Gasteiger charge is 2.40. The van der Waals surface area contributed by atoms with Crippen molar-refractivity contribution in [2.45, 2.75) is 12.5 Å². The van der Waals surface area contributed by atoms with Crippen molar-refractivity contribution in [3.63, 3.8) is 0 Å². The number of hydrogen-bond acceptors (Lipinski definition) is 2. The Morgan fingerprint density at radius 1 is 0.889 bits per heavy atom. The van der Waals surface area contributed by atoms with Gasteiger partial charge in [0, 0.05) is 17.7 Å². The summed E-state index contributed by atoms with van der Waals surface area (Å²) in [5.41, 5.74) is 9.21. The van der Waals surface area contributed by atoms with Gasteiger partial charge in [-0.15, -0.1) is 0 Å². The third-order valence-electron chi connectivity index (χ3n) is 5.01. The first-order chi connectivity index (χ1) is 13.1. The number of nitrogens with zero attached hydrogens (tertiary/aromatic N) is 1. The second-order valence-corrected chi connectivity index (χ2v) is 6.86. The van der Waals surface area contributed by atoms with E-state index in [1.807, 2.05) is 73.8 Å². The van der Waals surface area contributed by atoms with Gasteiger partial charge in [-0.1, -0.05) is 78.9 Å². The van der Waals surface area contributed by atoms with E-state index in [9.17, 15) is 4.79 Å². The number of anilines is 1. The van der Waals surface area contributed by atoms with E-state index in [0.29, 0.717) is 0 Å². The zero-order chi connectivity index (χ0) is 19.1. The molecule has 3 rings (SSSR count). The number of hydrogen-bond donors (Lipinski definition) is 2. The average molecular weight is 360 g/mol. The maximum atomic E-state index is 13.3. The van der Waals surface area contributed by atoms with Gasteiger partial charge in [-0.2, -0.15) is 0 Å². The van der Waals surface area contributed by atoms with Crippen LogP contribution in [0.4, 0.5) is 10.5 Å². The van der Waals surface area contributed by atoms with Gasteiger partial charge in [0.2, 0.25) is 0 Å². The molecule has 0 heterocycles. The number of benzene rings is 3. The van der Waals surface area contributed by atoms with Crippen LogP contribution in [0, 0.1) is 0 Å². The van der Waals surface area contributed by atoms with Crippen molar-refractivity contribution >= 4 is 11.7 Å². The van der Waals surface area contributed by atoms with Crippen LogP contribution in [0.25, 0.3) is 0 Å². The fourth-order valence-corrected chi connectivity index (χ4v) is 3.29. The second kappa shape index (κ2) is 8.62. The normalized spacial score (nSPS) is 14.1. The number of para-hydroxylation sites is 1. The van der Waals surface area contributed by atoms with E-state index in [1.165, 1.54) is 5.56 Å². The Bertz CT molecular complexity index is 853.